The Morgan fingerprint density at radius 3 is 1.36 bits per heavy atom. The van der Waals surface area contributed by atoms with Gasteiger partial charge in [-0.3, -0.25) is 38.9 Å². The van der Waals surface area contributed by atoms with E-state index in [0.717, 1.165) is 184 Å². The van der Waals surface area contributed by atoms with Crippen LogP contribution in [0.15, 0.2) is 146 Å². The van der Waals surface area contributed by atoms with Gasteiger partial charge in [0.05, 0.1) is 79.4 Å². The minimum Gasteiger partial charge on any atom is -0.397 e. The van der Waals surface area contributed by atoms with E-state index in [1.165, 1.54) is 53.8 Å². The van der Waals surface area contributed by atoms with Gasteiger partial charge in [-0.25, -0.2) is 45.5 Å². The number of nitrogens with two attached hydrogens (primary N) is 3. The van der Waals surface area contributed by atoms with E-state index >= 15 is 0 Å². The van der Waals surface area contributed by atoms with Gasteiger partial charge in [0, 0.05) is 128 Å². The van der Waals surface area contributed by atoms with Crippen molar-refractivity contribution in [1.82, 2.24) is 45.4 Å². The number of hydrogen-bond donors (Lipinski definition) is 10. The van der Waals surface area contributed by atoms with Gasteiger partial charge in [-0.2, -0.15) is 0 Å². The first-order valence-corrected chi connectivity index (χ1v) is 48.5. The van der Waals surface area contributed by atoms with E-state index in [9.17, 15) is 49.6 Å². The Morgan fingerprint density at radius 2 is 0.929 bits per heavy atom. The molecule has 0 atom stereocenters. The Bertz CT molecular complexity index is 5400. The molecule has 4 aliphatic carbocycles. The number of anilines is 3. The smallest absolute Gasteiger partial charge is 0.261 e. The summed E-state index contributed by atoms with van der Waals surface area (Å²) in [6.45, 7) is 12.1. The zero-order chi connectivity index (χ0) is 89.6. The summed E-state index contributed by atoms with van der Waals surface area (Å²) in [5.74, 6) is 5.89. The van der Waals surface area contributed by atoms with E-state index in [0.29, 0.717) is 114 Å². The molecule has 0 saturated heterocycles. The minimum atomic E-state index is -3.46. The van der Waals surface area contributed by atoms with Crippen molar-refractivity contribution in [3.63, 3.8) is 0 Å². The summed E-state index contributed by atoms with van der Waals surface area (Å²) >= 11 is 0. The van der Waals surface area contributed by atoms with Crippen LogP contribution in [0.3, 0.4) is 0 Å². The van der Waals surface area contributed by atoms with Crippen LogP contribution in [0.1, 0.15) is 228 Å². The van der Waals surface area contributed by atoms with Gasteiger partial charge in [-0.1, -0.05) is 112 Å². The summed E-state index contributed by atoms with van der Waals surface area (Å²) in [7, 11) is -1.77. The largest absolute Gasteiger partial charge is 0.397 e. The zero-order valence-electron chi connectivity index (χ0n) is 73.8. The Balaban J connectivity index is 0.000000198. The maximum Gasteiger partial charge on any atom is 0.261 e. The van der Waals surface area contributed by atoms with Crippen molar-refractivity contribution in [1.29, 1.82) is 0 Å². The fourth-order valence-corrected chi connectivity index (χ4v) is 19.1. The normalized spacial score (nSPS) is 19.0. The maximum absolute atomic E-state index is 13.8. The van der Waals surface area contributed by atoms with E-state index < -0.39 is 19.1 Å². The van der Waals surface area contributed by atoms with Crippen molar-refractivity contribution in [2.24, 2.45) is 53.1 Å². The molecule has 13 N–H and O–H groups in total. The summed E-state index contributed by atoms with van der Waals surface area (Å²) in [4.78, 5) is 90.0. The summed E-state index contributed by atoms with van der Waals surface area (Å²) < 4.78 is 76.3. The maximum atomic E-state index is 13.8. The van der Waals surface area contributed by atoms with E-state index in [1.807, 2.05) is 31.2 Å². The van der Waals surface area contributed by atoms with Crippen molar-refractivity contribution in [3.05, 3.63) is 214 Å². The zero-order valence-corrected chi connectivity index (χ0v) is 81.7. The molecule has 3 aromatic heterocycles. The van der Waals surface area contributed by atoms with Crippen molar-refractivity contribution < 1.29 is 109 Å². The molecule has 7 aromatic carbocycles. The molecule has 31 heteroatoms. The third-order valence-electron chi connectivity index (χ3n) is 24.6. The number of rotatable bonds is 29. The molecule has 15 rings (SSSR count). The number of benzene rings is 7. The van der Waals surface area contributed by atoms with Gasteiger partial charge in [0.25, 0.3) is 11.8 Å². The van der Waals surface area contributed by atoms with E-state index in [1.54, 1.807) is 79.7 Å². The van der Waals surface area contributed by atoms with Crippen LogP contribution in [-0.4, -0.2) is 118 Å². The third-order valence-corrected chi connectivity index (χ3v) is 27.2. The average molecular weight is 2060 g/mol. The van der Waals surface area contributed by atoms with E-state index in [4.69, 9.17) is 38.1 Å². The number of nitrogens with one attached hydrogen (secondary N) is 6. The number of carbonyl (C=O) groups excluding carboxylic acids is 5. The molecule has 10 aromatic rings. The first kappa shape index (κ1) is 104. The number of H-pyrrole nitrogens is 3. The number of unbranched alkanes of at least 4 members (excludes halogenated alkanes) is 4. The van der Waals surface area contributed by atoms with E-state index in [2.05, 4.69) is 102 Å². The van der Waals surface area contributed by atoms with Crippen LogP contribution in [0.5, 0.6) is 0 Å². The topological polar surface area (TPSA) is 387 Å². The standard InChI is InChI=1S/C27H36FN5O3S.C23H26FN3O.C17H22N2O.C13H14ClNO4S.C9H18O2.C7H10N2.U.V/c28-23-7-3-2-6-21(23)18-30-27(34)20-10-8-19(9-11-20)16-26-31-24-13-12-22(17-25(24)32-26)33-37(35,36)15-5-1-4-14-29;1-15-6-11-20-21(12-15)27-22(26-20)13-16-7-9-17(10-8-16)23(28)25-14-18-4-2-3-5-19(18)24;1-11-3-8-15-16(9-11)19-17(18-15)10-13-4-6-14(7-5-13)12(2)20;14-20(18,19)9-5-1-4-8-15-12(16)10-6-2-3-7-11(10)13(15)17;1-8-2-4-9(5-3-8)6-7-11-10;1-5-2-3-6(8)7(9)4-5;;/h2-3,6-7,12-13,17,19-20,33H,1,4-5,8-11,14-16,18,29H2,(H,30,34)(H,31,32);2-6,11-12,16-17H,7-10,13-14H2,1H3,(H,25,28)(H,26,27);3,8-9,13-14H,4-7,10H2,1-2H3,(H,18,19);2-3,6-7H,1,4-5,8-9H2;8-10H,2-7H2,1H3;2-4H,8-9H2,1H3;;. The number of nitrogen functional groups attached to an aromatic ring is 2. The van der Waals surface area contributed by atoms with Gasteiger partial charge < -0.3 is 42.8 Å². The van der Waals surface area contributed by atoms with Gasteiger partial charge in [0.15, 0.2) is 0 Å². The van der Waals surface area contributed by atoms with Crippen LogP contribution in [0.4, 0.5) is 25.8 Å². The number of imidazole rings is 3. The van der Waals surface area contributed by atoms with Crippen molar-refractivity contribution in [2.75, 3.05) is 47.4 Å². The molecule has 5 aliphatic rings. The molecule has 1 aliphatic heterocycles. The van der Waals surface area contributed by atoms with Crippen LogP contribution in [0.2, 0.25) is 0 Å². The first-order valence-electron chi connectivity index (χ1n) is 44.3. The predicted octanol–water partition coefficient (Wildman–Crippen LogP) is 18.6. The summed E-state index contributed by atoms with van der Waals surface area (Å²) in [5, 5.41) is 13.9. The molecular formula is C96H126ClF2N13O11S2UV. The van der Waals surface area contributed by atoms with Crippen molar-refractivity contribution in [3.8, 4) is 0 Å². The molecule has 24 nitrogen and oxygen atoms in total. The van der Waals surface area contributed by atoms with Gasteiger partial charge in [0.1, 0.15) is 34.9 Å². The first-order chi connectivity index (χ1) is 59.9. The van der Waals surface area contributed by atoms with Gasteiger partial charge >= 0.3 is 0 Å². The Hall–Kier alpha value is -8.33. The Labute approximate surface area is 786 Å². The number of hydrogen-bond acceptors (Lipinski definition) is 17. The second-order valence-corrected chi connectivity index (χ2v) is 39.3. The van der Waals surface area contributed by atoms with Gasteiger partial charge in [-0.15, -0.1) is 0 Å². The molecule has 683 valence electrons. The average Bonchev–Trinajstić information content (AvgIpc) is 1.62. The van der Waals surface area contributed by atoms with Crippen LogP contribution in [0, 0.1) is 111 Å². The molecule has 4 heterocycles. The van der Waals surface area contributed by atoms with Gasteiger partial charge in [-0.05, 0) is 269 Å². The fourth-order valence-electron chi connectivity index (χ4n) is 17.1. The summed E-state index contributed by atoms with van der Waals surface area (Å²) in [6.07, 6.45) is 24.6. The number of amides is 4. The number of aromatic nitrogens is 6. The van der Waals surface area contributed by atoms with Crippen LogP contribution >= 0.6 is 10.7 Å². The number of sulfonamides is 1. The predicted molar refractivity (Wildman–Crippen MR) is 492 cm³/mol. The molecule has 0 bridgehead atoms. The number of nitrogens with zero attached hydrogens (tertiary/aromatic N) is 4. The number of fused-ring (bicyclic) bond motifs is 4. The van der Waals surface area contributed by atoms with Crippen LogP contribution in [-0.2, 0) is 89.3 Å². The number of halogens is 3. The molecule has 4 saturated carbocycles. The summed E-state index contributed by atoms with van der Waals surface area (Å²) in [6, 6.07) is 43.3. The van der Waals surface area contributed by atoms with Crippen molar-refractivity contribution >= 4 is 109 Å². The molecule has 1 radical (unpaired) electrons. The Kier molecular flexibility index (Phi) is 42.5. The second-order valence-electron chi connectivity index (χ2n) is 34.6. The van der Waals surface area contributed by atoms with Crippen LogP contribution in [0.25, 0.3) is 33.1 Å². The molecule has 4 fully saturated rings. The van der Waals surface area contributed by atoms with Crippen molar-refractivity contribution in [2.45, 2.75) is 215 Å². The van der Waals surface area contributed by atoms with Crippen LogP contribution < -0.4 is 32.6 Å². The number of aromatic amines is 3. The summed E-state index contributed by atoms with van der Waals surface area (Å²) in [5.41, 5.74) is 29.7. The number of Topliss-reactive ketones (excluding diaryl/α,β-unsaturated/α-hetero) is 1. The third kappa shape index (κ3) is 33.8. The molecular weight excluding hydrogens is 1940 g/mol. The SMILES string of the molecule is CC(=O)C1CCC(Cc2nc3ccc(C)cc3[nH]2)CC1.CC1CCC(CCOO)CC1.Cc1ccc(N)c(N)c1.Cc1ccc2nc(CC3CCC(C(=O)NCc4ccccc4F)CC3)[nH]c2c1.NCCCCCS(=O)(=O)Nc1ccc2nc(CC3CCC(C(=O)NCc4ccccc4F)CC3)[nH]c2c1.O=C1c2ccccc2C(=O)N1CCCCCS(=O)(=O)Cl.[U].[V]. The second kappa shape index (κ2) is 51.9. The molecule has 4 amide bonds. The fraction of sp³-hybridized carbons (Fsp3) is 0.479. The molecule has 127 heavy (non-hydrogen) atoms. The Morgan fingerprint density at radius 1 is 0.520 bits per heavy atom. The number of imide groups is 1. The number of ketones is 1. The molecule has 0 spiro atoms. The number of aryl methyl sites for hydroxylation is 3. The van der Waals surface area contributed by atoms with Gasteiger partial charge in [0.2, 0.25) is 30.9 Å². The monoisotopic (exact) mass is 2060 g/mol. The van der Waals surface area contributed by atoms with E-state index in [-0.39, 0.29) is 121 Å². The molecule has 0 unspecified atom stereocenters. The quantitative estimate of drug-likeness (QED) is 0.00520. The minimum absolute atomic E-state index is 0. The number of carbonyl (C=O) groups is 5.